The lowest BCUT2D eigenvalue weighted by Crippen LogP contribution is -2.09. The lowest BCUT2D eigenvalue weighted by Gasteiger charge is -2.26. The maximum atomic E-state index is 6.35. The second-order valence-electron chi connectivity index (χ2n) is 11.6. The van der Waals surface area contributed by atoms with Crippen LogP contribution in [0.1, 0.15) is 0 Å². The molecule has 0 fully saturated rings. The Labute approximate surface area is 271 Å². The van der Waals surface area contributed by atoms with Crippen LogP contribution in [0.15, 0.2) is 179 Å². The molecule has 0 bridgehead atoms. The van der Waals surface area contributed by atoms with Crippen LogP contribution in [-0.2, 0) is 0 Å². The second kappa shape index (κ2) is 11.2. The number of fused-ring (bicyclic) bond motifs is 5. The second-order valence-corrected chi connectivity index (χ2v) is 11.6. The summed E-state index contributed by atoms with van der Waals surface area (Å²) in [6, 6.07) is 58.7. The predicted octanol–water partition coefficient (Wildman–Crippen LogP) is 12.2. The summed E-state index contributed by atoms with van der Waals surface area (Å²) >= 11 is 0. The maximum absolute atomic E-state index is 6.35. The van der Waals surface area contributed by atoms with Crippen molar-refractivity contribution in [2.75, 3.05) is 4.90 Å². The summed E-state index contributed by atoms with van der Waals surface area (Å²) in [6.45, 7) is 0. The Morgan fingerprint density at radius 1 is 0.383 bits per heavy atom. The van der Waals surface area contributed by atoms with Gasteiger partial charge in [0.1, 0.15) is 16.7 Å². The predicted molar refractivity (Wildman–Crippen MR) is 192 cm³/mol. The van der Waals surface area contributed by atoms with Gasteiger partial charge in [0, 0.05) is 28.0 Å². The van der Waals surface area contributed by atoms with E-state index in [4.69, 9.17) is 13.8 Å². The Morgan fingerprint density at radius 3 is 1.43 bits per heavy atom. The molecule has 0 atom stereocenters. The van der Waals surface area contributed by atoms with E-state index in [9.17, 15) is 0 Å². The van der Waals surface area contributed by atoms with Crippen LogP contribution in [0.25, 0.3) is 66.7 Å². The zero-order chi connectivity index (χ0) is 31.2. The molecule has 4 nitrogen and oxygen atoms in total. The first-order valence-corrected chi connectivity index (χ1v) is 15.7. The van der Waals surface area contributed by atoms with Gasteiger partial charge in [-0.1, -0.05) is 103 Å². The summed E-state index contributed by atoms with van der Waals surface area (Å²) in [5, 5.41) is 1.94. The van der Waals surface area contributed by atoms with Gasteiger partial charge < -0.3 is 13.7 Å². The molecule has 0 saturated heterocycles. The molecule has 9 aromatic rings. The van der Waals surface area contributed by atoms with Crippen molar-refractivity contribution in [1.82, 2.24) is 4.98 Å². The zero-order valence-electron chi connectivity index (χ0n) is 25.4. The smallest absolute Gasteiger partial charge is 0.227 e. The molecule has 0 amide bonds. The van der Waals surface area contributed by atoms with Gasteiger partial charge in [-0.05, 0) is 89.0 Å². The summed E-state index contributed by atoms with van der Waals surface area (Å²) in [5.74, 6) is 0.595. The molecule has 222 valence electrons. The van der Waals surface area contributed by atoms with Crippen LogP contribution in [0.2, 0.25) is 0 Å². The SMILES string of the molecule is c1ccc(-c2ccc(N(c3ccc(-c4ccccc4)cc3)c3ccc4oc5ccc6oc(-c7ccccc7)nc6c5c4c3)cc2)cc1. The first-order valence-electron chi connectivity index (χ1n) is 15.7. The lowest BCUT2D eigenvalue weighted by atomic mass is 10.0. The molecule has 0 radical (unpaired) electrons. The van der Waals surface area contributed by atoms with Gasteiger partial charge in [0.15, 0.2) is 5.58 Å². The van der Waals surface area contributed by atoms with E-state index in [1.54, 1.807) is 0 Å². The number of nitrogens with zero attached hydrogens (tertiary/aromatic N) is 2. The summed E-state index contributed by atoms with van der Waals surface area (Å²) in [5.41, 5.74) is 11.9. The number of hydrogen-bond acceptors (Lipinski definition) is 4. The summed E-state index contributed by atoms with van der Waals surface area (Å²) in [4.78, 5) is 7.25. The van der Waals surface area contributed by atoms with E-state index in [1.807, 2.05) is 54.6 Å². The average Bonchev–Trinajstić information content (AvgIpc) is 3.75. The summed E-state index contributed by atoms with van der Waals surface area (Å²) in [6.07, 6.45) is 0. The minimum Gasteiger partial charge on any atom is -0.456 e. The molecule has 4 heteroatoms. The van der Waals surface area contributed by atoms with Crippen molar-refractivity contribution in [3.63, 3.8) is 0 Å². The fourth-order valence-electron chi connectivity index (χ4n) is 6.40. The highest BCUT2D eigenvalue weighted by molar-refractivity contribution is 6.17. The van der Waals surface area contributed by atoms with E-state index in [0.29, 0.717) is 5.89 Å². The van der Waals surface area contributed by atoms with Gasteiger partial charge in [-0.2, -0.15) is 0 Å². The third kappa shape index (κ3) is 4.84. The molecule has 0 unspecified atom stereocenters. The Hall–Kier alpha value is -6.39. The van der Waals surface area contributed by atoms with Crippen molar-refractivity contribution in [1.29, 1.82) is 0 Å². The van der Waals surface area contributed by atoms with Crippen molar-refractivity contribution in [3.05, 3.63) is 170 Å². The molecule has 47 heavy (non-hydrogen) atoms. The van der Waals surface area contributed by atoms with Gasteiger partial charge in [-0.3, -0.25) is 0 Å². The molecular formula is C43H28N2O2. The third-order valence-electron chi connectivity index (χ3n) is 8.72. The van der Waals surface area contributed by atoms with E-state index in [-0.39, 0.29) is 0 Å². The highest BCUT2D eigenvalue weighted by Crippen LogP contribution is 2.42. The molecule has 2 aromatic heterocycles. The molecule has 9 rings (SSSR count). The maximum Gasteiger partial charge on any atom is 0.227 e. The fraction of sp³-hybridized carbons (Fsp3) is 0. The number of anilines is 3. The first kappa shape index (κ1) is 27.0. The van der Waals surface area contributed by atoms with Gasteiger partial charge in [-0.15, -0.1) is 0 Å². The average molecular weight is 605 g/mol. The Kier molecular flexibility index (Phi) is 6.43. The number of hydrogen-bond donors (Lipinski definition) is 0. The Bertz CT molecular complexity index is 2400. The van der Waals surface area contributed by atoms with Crippen LogP contribution >= 0.6 is 0 Å². The standard InChI is InChI=1S/C43H28N2O2/c1-4-10-29(11-5-1)31-16-20-34(21-17-31)45(35-22-18-32(19-23-35)30-12-6-2-7-13-30)36-24-25-38-37(28-36)41-39(46-38)26-27-40-42(41)44-43(47-40)33-14-8-3-9-15-33/h1-28H. The third-order valence-corrected chi connectivity index (χ3v) is 8.72. The van der Waals surface area contributed by atoms with E-state index in [2.05, 4.69) is 120 Å². The van der Waals surface area contributed by atoms with Crippen LogP contribution < -0.4 is 4.90 Å². The van der Waals surface area contributed by atoms with E-state index >= 15 is 0 Å². The number of oxazole rings is 1. The normalized spacial score (nSPS) is 11.4. The quantitative estimate of drug-likeness (QED) is 0.189. The molecular weight excluding hydrogens is 576 g/mol. The topological polar surface area (TPSA) is 42.4 Å². The van der Waals surface area contributed by atoms with Gasteiger partial charge in [-0.25, -0.2) is 4.98 Å². The van der Waals surface area contributed by atoms with Crippen molar-refractivity contribution in [2.45, 2.75) is 0 Å². The Balaban J connectivity index is 1.20. The van der Waals surface area contributed by atoms with Gasteiger partial charge in [0.2, 0.25) is 5.89 Å². The highest BCUT2D eigenvalue weighted by atomic mass is 16.4. The number of rotatable bonds is 6. The lowest BCUT2D eigenvalue weighted by molar-refractivity contribution is 0.619. The van der Waals surface area contributed by atoms with Crippen LogP contribution in [-0.4, -0.2) is 4.98 Å². The fourth-order valence-corrected chi connectivity index (χ4v) is 6.40. The van der Waals surface area contributed by atoms with Crippen LogP contribution in [0.5, 0.6) is 0 Å². The number of aromatic nitrogens is 1. The molecule has 0 aliphatic heterocycles. The molecule has 7 aromatic carbocycles. The van der Waals surface area contributed by atoms with Crippen LogP contribution in [0.4, 0.5) is 17.1 Å². The van der Waals surface area contributed by atoms with Crippen LogP contribution in [0.3, 0.4) is 0 Å². The van der Waals surface area contributed by atoms with E-state index < -0.39 is 0 Å². The zero-order valence-corrected chi connectivity index (χ0v) is 25.4. The monoisotopic (exact) mass is 604 g/mol. The van der Waals surface area contributed by atoms with Crippen molar-refractivity contribution in [2.24, 2.45) is 0 Å². The van der Waals surface area contributed by atoms with Gasteiger partial charge in [0.25, 0.3) is 0 Å². The largest absolute Gasteiger partial charge is 0.456 e. The molecule has 0 saturated carbocycles. The molecule has 0 aliphatic carbocycles. The van der Waals surface area contributed by atoms with Crippen molar-refractivity contribution < 1.29 is 8.83 Å². The number of benzene rings is 7. The molecule has 0 spiro atoms. The summed E-state index contributed by atoms with van der Waals surface area (Å²) < 4.78 is 12.6. The summed E-state index contributed by atoms with van der Waals surface area (Å²) in [7, 11) is 0. The number of furan rings is 1. The van der Waals surface area contributed by atoms with E-state index in [0.717, 1.165) is 55.7 Å². The molecule has 0 aliphatic rings. The van der Waals surface area contributed by atoms with Crippen molar-refractivity contribution in [3.8, 4) is 33.7 Å². The van der Waals surface area contributed by atoms with Gasteiger partial charge in [0.05, 0.1) is 5.39 Å². The minimum atomic E-state index is 0.595. The van der Waals surface area contributed by atoms with E-state index in [1.165, 1.54) is 22.3 Å². The van der Waals surface area contributed by atoms with Gasteiger partial charge >= 0.3 is 0 Å². The molecule has 0 N–H and O–H groups in total. The first-order chi connectivity index (χ1) is 23.3. The highest BCUT2D eigenvalue weighted by Gasteiger charge is 2.19. The van der Waals surface area contributed by atoms with Crippen LogP contribution in [0, 0.1) is 0 Å². The Morgan fingerprint density at radius 2 is 0.851 bits per heavy atom. The minimum absolute atomic E-state index is 0.595. The molecule has 2 heterocycles. The van der Waals surface area contributed by atoms with Crippen molar-refractivity contribution >= 4 is 50.1 Å².